The van der Waals surface area contributed by atoms with Gasteiger partial charge in [0, 0.05) is 25.3 Å². The van der Waals surface area contributed by atoms with Crippen molar-refractivity contribution in [1.82, 2.24) is 4.90 Å². The minimum absolute atomic E-state index is 0.282. The molecule has 1 atom stereocenters. The molecular formula is C15H26N2O2. The van der Waals surface area contributed by atoms with E-state index in [-0.39, 0.29) is 6.04 Å². The van der Waals surface area contributed by atoms with Gasteiger partial charge in [0.2, 0.25) is 0 Å². The summed E-state index contributed by atoms with van der Waals surface area (Å²) in [6.45, 7) is 5.68. The minimum Gasteiger partial charge on any atom is -0.383 e. The van der Waals surface area contributed by atoms with E-state index < -0.39 is 0 Å². The first-order valence-corrected chi connectivity index (χ1v) is 6.42. The molecule has 0 spiro atoms. The summed E-state index contributed by atoms with van der Waals surface area (Å²) in [5, 5.41) is 0. The maximum absolute atomic E-state index is 10.9. The molecule has 108 valence electrons. The highest BCUT2D eigenvalue weighted by atomic mass is 16.5. The van der Waals surface area contributed by atoms with Crippen LogP contribution in [0, 0.1) is 6.92 Å². The fraction of sp³-hybridized carbons (Fsp3) is 0.533. The second-order valence-electron chi connectivity index (χ2n) is 4.38. The summed E-state index contributed by atoms with van der Waals surface area (Å²) in [7, 11) is 5.26. The lowest BCUT2D eigenvalue weighted by Crippen LogP contribution is -2.26. The Balaban J connectivity index is 0.00000154. The first-order chi connectivity index (χ1) is 9.10. The predicted octanol–water partition coefficient (Wildman–Crippen LogP) is 2.02. The average molecular weight is 266 g/mol. The van der Waals surface area contributed by atoms with Crippen LogP contribution in [0.5, 0.6) is 0 Å². The van der Waals surface area contributed by atoms with Crippen LogP contribution in [-0.2, 0) is 4.74 Å². The molecule has 0 amide bonds. The lowest BCUT2D eigenvalue weighted by atomic mass is 10.0. The van der Waals surface area contributed by atoms with Gasteiger partial charge >= 0.3 is 0 Å². The zero-order valence-corrected chi connectivity index (χ0v) is 12.6. The number of carbonyl (C=O) groups excluding carboxylic acids is 1. The summed E-state index contributed by atoms with van der Waals surface area (Å²) in [6.07, 6.45) is 0.917. The number of aryl methyl sites for hydroxylation is 1. The van der Waals surface area contributed by atoms with Gasteiger partial charge in [0.1, 0.15) is 6.29 Å². The molecule has 0 saturated heterocycles. The number of ether oxygens (including phenoxy) is 1. The number of nitrogens with zero attached hydrogens (tertiary/aromatic N) is 1. The summed E-state index contributed by atoms with van der Waals surface area (Å²) >= 11 is 0. The number of rotatable bonds is 6. The SMILES string of the molecule is CN.COCCN(C)C(C)c1ccc(C)c(C=O)c1. The Hall–Kier alpha value is -1.23. The second kappa shape index (κ2) is 9.67. The van der Waals surface area contributed by atoms with Gasteiger partial charge in [0.25, 0.3) is 0 Å². The molecule has 0 aliphatic heterocycles. The van der Waals surface area contributed by atoms with Crippen molar-refractivity contribution in [3.63, 3.8) is 0 Å². The molecule has 1 aromatic carbocycles. The average Bonchev–Trinajstić information content (AvgIpc) is 2.46. The molecular weight excluding hydrogens is 240 g/mol. The lowest BCUT2D eigenvalue weighted by Gasteiger charge is -2.25. The van der Waals surface area contributed by atoms with E-state index in [2.05, 4.69) is 30.7 Å². The van der Waals surface area contributed by atoms with Gasteiger partial charge in [-0.3, -0.25) is 9.69 Å². The highest BCUT2D eigenvalue weighted by molar-refractivity contribution is 5.77. The number of hydrogen-bond donors (Lipinski definition) is 1. The number of likely N-dealkylation sites (N-methyl/N-ethyl adjacent to an activating group) is 1. The van der Waals surface area contributed by atoms with Crippen molar-refractivity contribution in [2.24, 2.45) is 5.73 Å². The Kier molecular flexibility index (Phi) is 9.04. The molecule has 19 heavy (non-hydrogen) atoms. The lowest BCUT2D eigenvalue weighted by molar-refractivity contribution is 0.112. The van der Waals surface area contributed by atoms with Gasteiger partial charge in [-0.05, 0) is 45.1 Å². The molecule has 0 aliphatic rings. The number of benzene rings is 1. The quantitative estimate of drug-likeness (QED) is 0.800. The van der Waals surface area contributed by atoms with Crippen LogP contribution >= 0.6 is 0 Å². The largest absolute Gasteiger partial charge is 0.383 e. The third-order valence-corrected chi connectivity index (χ3v) is 3.22. The van der Waals surface area contributed by atoms with Crippen LogP contribution in [0.25, 0.3) is 0 Å². The Labute approximate surface area is 116 Å². The fourth-order valence-electron chi connectivity index (χ4n) is 1.73. The van der Waals surface area contributed by atoms with E-state index in [1.165, 1.54) is 7.05 Å². The van der Waals surface area contributed by atoms with Crippen LogP contribution in [0.15, 0.2) is 18.2 Å². The summed E-state index contributed by atoms with van der Waals surface area (Å²) in [6, 6.07) is 6.33. The van der Waals surface area contributed by atoms with Crippen LogP contribution in [0.3, 0.4) is 0 Å². The van der Waals surface area contributed by atoms with Crippen LogP contribution in [0.1, 0.15) is 34.5 Å². The third kappa shape index (κ3) is 5.51. The Morgan fingerprint density at radius 1 is 1.42 bits per heavy atom. The van der Waals surface area contributed by atoms with Crippen LogP contribution in [0.4, 0.5) is 0 Å². The van der Waals surface area contributed by atoms with E-state index >= 15 is 0 Å². The maximum Gasteiger partial charge on any atom is 0.150 e. The van der Waals surface area contributed by atoms with Gasteiger partial charge in [-0.25, -0.2) is 0 Å². The fourth-order valence-corrected chi connectivity index (χ4v) is 1.73. The second-order valence-corrected chi connectivity index (χ2v) is 4.38. The molecule has 4 nitrogen and oxygen atoms in total. The van der Waals surface area contributed by atoms with Gasteiger partial charge in [0.15, 0.2) is 0 Å². The molecule has 0 aromatic heterocycles. The van der Waals surface area contributed by atoms with Crippen molar-refractivity contribution in [3.8, 4) is 0 Å². The number of methoxy groups -OCH3 is 1. The first-order valence-electron chi connectivity index (χ1n) is 6.42. The van der Waals surface area contributed by atoms with Crippen molar-refractivity contribution in [2.75, 3.05) is 34.4 Å². The molecule has 0 saturated carbocycles. The van der Waals surface area contributed by atoms with Gasteiger partial charge in [-0.2, -0.15) is 0 Å². The topological polar surface area (TPSA) is 55.6 Å². The van der Waals surface area contributed by atoms with E-state index in [9.17, 15) is 4.79 Å². The highest BCUT2D eigenvalue weighted by Crippen LogP contribution is 2.20. The monoisotopic (exact) mass is 266 g/mol. The normalized spacial score (nSPS) is 11.7. The molecule has 0 heterocycles. The maximum atomic E-state index is 10.9. The molecule has 1 aromatic rings. The molecule has 1 rings (SSSR count). The first kappa shape index (κ1) is 17.8. The minimum atomic E-state index is 0.282. The predicted molar refractivity (Wildman–Crippen MR) is 79.6 cm³/mol. The van der Waals surface area contributed by atoms with Crippen molar-refractivity contribution >= 4 is 6.29 Å². The van der Waals surface area contributed by atoms with E-state index in [1.54, 1.807) is 7.11 Å². The van der Waals surface area contributed by atoms with Crippen LogP contribution in [-0.4, -0.2) is 45.5 Å². The molecule has 0 fully saturated rings. The zero-order valence-electron chi connectivity index (χ0n) is 12.6. The van der Waals surface area contributed by atoms with Crippen LogP contribution in [0.2, 0.25) is 0 Å². The van der Waals surface area contributed by atoms with Crippen molar-refractivity contribution in [1.29, 1.82) is 0 Å². The molecule has 0 radical (unpaired) electrons. The van der Waals surface area contributed by atoms with Gasteiger partial charge in [0.05, 0.1) is 6.61 Å². The number of aldehydes is 1. The standard InChI is InChI=1S/C14H21NO2.CH5N/c1-11-5-6-13(9-14(11)10-16)12(2)15(3)7-8-17-4;1-2/h5-6,9-10,12H,7-8H2,1-4H3;2H2,1H3. The molecule has 0 bridgehead atoms. The summed E-state index contributed by atoms with van der Waals surface area (Å²) < 4.78 is 5.06. The molecule has 2 N–H and O–H groups in total. The van der Waals surface area contributed by atoms with E-state index in [0.29, 0.717) is 6.61 Å². The Morgan fingerprint density at radius 2 is 2.05 bits per heavy atom. The van der Waals surface area contributed by atoms with E-state index in [1.807, 2.05) is 19.1 Å². The van der Waals surface area contributed by atoms with Gasteiger partial charge in [-0.15, -0.1) is 0 Å². The van der Waals surface area contributed by atoms with Gasteiger partial charge < -0.3 is 10.5 Å². The number of hydrogen-bond acceptors (Lipinski definition) is 4. The number of carbonyl (C=O) groups is 1. The summed E-state index contributed by atoms with van der Waals surface area (Å²) in [5.74, 6) is 0. The third-order valence-electron chi connectivity index (χ3n) is 3.22. The van der Waals surface area contributed by atoms with Crippen molar-refractivity contribution in [2.45, 2.75) is 19.9 Å². The Bertz CT molecular complexity index is 380. The van der Waals surface area contributed by atoms with Crippen molar-refractivity contribution < 1.29 is 9.53 Å². The summed E-state index contributed by atoms with van der Waals surface area (Å²) in [4.78, 5) is 13.1. The molecule has 4 heteroatoms. The smallest absolute Gasteiger partial charge is 0.150 e. The zero-order chi connectivity index (χ0) is 14.8. The summed E-state index contributed by atoms with van der Waals surface area (Å²) in [5.41, 5.74) is 7.46. The van der Waals surface area contributed by atoms with Crippen LogP contribution < -0.4 is 5.73 Å². The molecule has 1 unspecified atom stereocenters. The van der Waals surface area contributed by atoms with E-state index in [0.717, 1.165) is 29.5 Å². The highest BCUT2D eigenvalue weighted by Gasteiger charge is 2.12. The number of nitrogens with two attached hydrogens (primary N) is 1. The van der Waals surface area contributed by atoms with Crippen molar-refractivity contribution in [3.05, 3.63) is 34.9 Å². The molecule has 0 aliphatic carbocycles. The van der Waals surface area contributed by atoms with Gasteiger partial charge in [-0.1, -0.05) is 12.1 Å². The van der Waals surface area contributed by atoms with E-state index in [4.69, 9.17) is 4.74 Å². The Morgan fingerprint density at radius 3 is 2.58 bits per heavy atom.